The van der Waals surface area contributed by atoms with Crippen LogP contribution in [0.2, 0.25) is 0 Å². The zero-order valence-corrected chi connectivity index (χ0v) is 24.9. The fourth-order valence-electron chi connectivity index (χ4n) is 6.09. The van der Waals surface area contributed by atoms with Gasteiger partial charge in [0.25, 0.3) is 5.91 Å². The quantitative estimate of drug-likeness (QED) is 0.361. The Hall–Kier alpha value is -3.41. The third-order valence-electron chi connectivity index (χ3n) is 9.03. The number of primary amides is 1. The first-order chi connectivity index (χ1) is 19.4. The summed E-state index contributed by atoms with van der Waals surface area (Å²) < 4.78 is 0. The third-order valence-corrected chi connectivity index (χ3v) is 9.80. The SMILES string of the molecule is C[C@H]1CC12CC(C(=O)NC(CC1CCC1)C(=O)C(N)=O)N(C(=O)[C@@H](Nc1nc(-c3cnccn3)cs1)C(C)(C)C)C2. The number of rotatable bonds is 10. The summed E-state index contributed by atoms with van der Waals surface area (Å²) in [6, 6.07) is -2.38. The van der Waals surface area contributed by atoms with Crippen LogP contribution in [0.4, 0.5) is 5.13 Å². The molecule has 0 aromatic carbocycles. The van der Waals surface area contributed by atoms with Crippen LogP contribution in [-0.4, -0.2) is 68.0 Å². The maximum atomic E-state index is 14.3. The molecule has 5 rings (SSSR count). The van der Waals surface area contributed by atoms with Gasteiger partial charge in [0.1, 0.15) is 23.5 Å². The molecule has 3 amide bonds. The molecule has 1 spiro atoms. The molecule has 4 N–H and O–H groups in total. The Kier molecular flexibility index (Phi) is 7.88. The number of nitrogens with zero attached hydrogens (tertiary/aromatic N) is 4. The van der Waals surface area contributed by atoms with Gasteiger partial charge in [0.15, 0.2) is 5.13 Å². The van der Waals surface area contributed by atoms with Crippen molar-refractivity contribution in [1.82, 2.24) is 25.2 Å². The van der Waals surface area contributed by atoms with Gasteiger partial charge in [-0.25, -0.2) is 4.98 Å². The molecular weight excluding hydrogens is 542 g/mol. The Balaban J connectivity index is 1.36. The van der Waals surface area contributed by atoms with E-state index in [-0.39, 0.29) is 17.2 Å². The molecule has 3 fully saturated rings. The number of likely N-dealkylation sites (tertiary alicyclic amines) is 1. The number of nitrogens with two attached hydrogens (primary N) is 1. The Labute approximate surface area is 244 Å². The normalized spacial score (nSPS) is 25.3. The molecule has 1 aliphatic heterocycles. The van der Waals surface area contributed by atoms with Gasteiger partial charge in [0, 0.05) is 24.3 Å². The summed E-state index contributed by atoms with van der Waals surface area (Å²) >= 11 is 1.37. The fraction of sp³-hybridized carbons (Fsp3) is 0.621. The number of thiazole rings is 1. The topological polar surface area (TPSA) is 160 Å². The second kappa shape index (κ2) is 11.1. The number of hydrogen-bond donors (Lipinski definition) is 3. The maximum Gasteiger partial charge on any atom is 0.287 e. The summed E-state index contributed by atoms with van der Waals surface area (Å²) in [6.45, 7) is 8.53. The van der Waals surface area contributed by atoms with E-state index in [1.807, 2.05) is 26.2 Å². The van der Waals surface area contributed by atoms with Gasteiger partial charge in [0.2, 0.25) is 17.6 Å². The van der Waals surface area contributed by atoms with Crippen LogP contribution in [0.3, 0.4) is 0 Å². The van der Waals surface area contributed by atoms with E-state index in [0.29, 0.717) is 41.8 Å². The van der Waals surface area contributed by atoms with Gasteiger partial charge in [0.05, 0.1) is 12.2 Å². The van der Waals surface area contributed by atoms with Crippen molar-refractivity contribution in [2.24, 2.45) is 28.4 Å². The highest BCUT2D eigenvalue weighted by Crippen LogP contribution is 2.60. The van der Waals surface area contributed by atoms with E-state index in [0.717, 1.165) is 25.7 Å². The number of Topliss-reactive ketones (excluding diaryl/α,β-unsaturated/α-hetero) is 1. The molecule has 5 atom stereocenters. The van der Waals surface area contributed by atoms with Crippen molar-refractivity contribution >= 4 is 40.0 Å². The molecule has 2 aliphatic carbocycles. The molecule has 3 aliphatic rings. The van der Waals surface area contributed by atoms with Gasteiger partial charge in [-0.1, -0.05) is 47.0 Å². The lowest BCUT2D eigenvalue weighted by Gasteiger charge is -2.36. The minimum Gasteiger partial charge on any atom is -0.363 e. The number of amides is 3. The van der Waals surface area contributed by atoms with Gasteiger partial charge in [-0.15, -0.1) is 11.3 Å². The molecule has 2 aromatic heterocycles. The van der Waals surface area contributed by atoms with E-state index < -0.39 is 41.1 Å². The van der Waals surface area contributed by atoms with E-state index in [2.05, 4.69) is 32.5 Å². The van der Waals surface area contributed by atoms with E-state index in [4.69, 9.17) is 5.73 Å². The second-order valence-electron chi connectivity index (χ2n) is 13.0. The van der Waals surface area contributed by atoms with Crippen molar-refractivity contribution in [3.05, 3.63) is 24.0 Å². The van der Waals surface area contributed by atoms with Crippen LogP contribution in [0.1, 0.15) is 66.2 Å². The maximum absolute atomic E-state index is 14.3. The van der Waals surface area contributed by atoms with Crippen LogP contribution < -0.4 is 16.4 Å². The van der Waals surface area contributed by atoms with E-state index in [1.165, 1.54) is 11.3 Å². The molecule has 3 unspecified atom stereocenters. The van der Waals surface area contributed by atoms with Crippen LogP contribution in [-0.2, 0) is 19.2 Å². The average molecular weight is 582 g/mol. The van der Waals surface area contributed by atoms with Gasteiger partial charge >= 0.3 is 0 Å². The zero-order chi connectivity index (χ0) is 29.5. The van der Waals surface area contributed by atoms with Crippen LogP contribution in [0.5, 0.6) is 0 Å². The van der Waals surface area contributed by atoms with Crippen LogP contribution >= 0.6 is 11.3 Å². The van der Waals surface area contributed by atoms with Gasteiger partial charge in [-0.2, -0.15) is 0 Å². The molecule has 1 saturated heterocycles. The Bertz CT molecular complexity index is 1320. The van der Waals surface area contributed by atoms with E-state index in [9.17, 15) is 19.2 Å². The highest BCUT2D eigenvalue weighted by Gasteiger charge is 2.61. The number of hydrogen-bond acceptors (Lipinski definition) is 9. The Morgan fingerprint density at radius 3 is 2.46 bits per heavy atom. The number of aromatic nitrogens is 3. The average Bonchev–Trinajstić information content (AvgIpc) is 3.24. The highest BCUT2D eigenvalue weighted by molar-refractivity contribution is 7.14. The number of nitrogens with one attached hydrogen (secondary N) is 2. The Morgan fingerprint density at radius 1 is 1.17 bits per heavy atom. The zero-order valence-electron chi connectivity index (χ0n) is 24.1. The summed E-state index contributed by atoms with van der Waals surface area (Å²) in [5.41, 5.74) is 6.00. The standard InChI is InChI=1S/C29H39N7O4S/c1-16-11-29(16)12-21(25(39)33-18(22(37)24(30)38)10-17-6-5-7-17)36(15-29)26(40)23(28(2,3)4)35-27-34-20(14-41-27)19-13-31-8-9-32-19/h8-9,13-14,16-18,21,23H,5-7,10-12,15H2,1-4H3,(H2,30,38)(H,33,39)(H,34,35)/t16-,18?,21?,23+,29?/m0/s1. The lowest BCUT2D eigenvalue weighted by molar-refractivity contribution is -0.142. The van der Waals surface area contributed by atoms with Crippen LogP contribution in [0, 0.1) is 22.7 Å². The number of carbonyl (C=O) groups excluding carboxylic acids is 4. The first-order valence-electron chi connectivity index (χ1n) is 14.3. The van der Waals surface area contributed by atoms with Gasteiger partial charge < -0.3 is 21.3 Å². The number of ketones is 1. The molecule has 41 heavy (non-hydrogen) atoms. The summed E-state index contributed by atoms with van der Waals surface area (Å²) in [5, 5.41) is 8.60. The van der Waals surface area contributed by atoms with Crippen LogP contribution in [0.25, 0.3) is 11.4 Å². The monoisotopic (exact) mass is 581 g/mol. The molecule has 12 heteroatoms. The van der Waals surface area contributed by atoms with E-state index in [1.54, 1.807) is 23.5 Å². The third kappa shape index (κ3) is 6.12. The minimum atomic E-state index is -1.05. The van der Waals surface area contributed by atoms with Crippen molar-refractivity contribution in [1.29, 1.82) is 0 Å². The highest BCUT2D eigenvalue weighted by atomic mass is 32.1. The van der Waals surface area contributed by atoms with E-state index >= 15 is 0 Å². The lowest BCUT2D eigenvalue weighted by atomic mass is 9.80. The molecule has 2 saturated carbocycles. The predicted molar refractivity (Wildman–Crippen MR) is 154 cm³/mol. The van der Waals surface area contributed by atoms with Gasteiger partial charge in [-0.3, -0.25) is 29.1 Å². The second-order valence-corrected chi connectivity index (χ2v) is 13.9. The van der Waals surface area contributed by atoms with Crippen molar-refractivity contribution in [3.63, 3.8) is 0 Å². The van der Waals surface area contributed by atoms with Crippen molar-refractivity contribution in [2.45, 2.75) is 84.3 Å². The molecule has 0 bridgehead atoms. The predicted octanol–water partition coefficient (Wildman–Crippen LogP) is 2.78. The van der Waals surface area contributed by atoms with Crippen LogP contribution in [0.15, 0.2) is 24.0 Å². The smallest absolute Gasteiger partial charge is 0.287 e. The molecular formula is C29H39N7O4S. The number of carbonyl (C=O) groups is 4. The fourth-order valence-corrected chi connectivity index (χ4v) is 6.82. The van der Waals surface area contributed by atoms with Gasteiger partial charge in [-0.05, 0) is 41.9 Å². The molecule has 2 aromatic rings. The van der Waals surface area contributed by atoms with Crippen molar-refractivity contribution in [2.75, 3.05) is 11.9 Å². The summed E-state index contributed by atoms with van der Waals surface area (Å²) in [4.78, 5) is 67.1. The first kappa shape index (κ1) is 29.1. The summed E-state index contributed by atoms with van der Waals surface area (Å²) in [6.07, 6.45) is 9.68. The lowest BCUT2D eigenvalue weighted by Crippen LogP contribution is -2.56. The first-order valence-corrected chi connectivity index (χ1v) is 15.2. The molecule has 0 radical (unpaired) electrons. The number of anilines is 1. The minimum absolute atomic E-state index is 0.113. The summed E-state index contributed by atoms with van der Waals surface area (Å²) in [7, 11) is 0. The van der Waals surface area contributed by atoms with Crippen molar-refractivity contribution in [3.8, 4) is 11.4 Å². The molecule has 11 nitrogen and oxygen atoms in total. The summed E-state index contributed by atoms with van der Waals surface area (Å²) in [5.74, 6) is -1.76. The van der Waals surface area contributed by atoms with Crippen molar-refractivity contribution < 1.29 is 19.2 Å². The Morgan fingerprint density at radius 2 is 1.90 bits per heavy atom. The molecule has 3 heterocycles. The molecule has 220 valence electrons. The largest absolute Gasteiger partial charge is 0.363 e.